The lowest BCUT2D eigenvalue weighted by molar-refractivity contribution is -0.139. The van der Waals surface area contributed by atoms with Crippen LogP contribution in [0.3, 0.4) is 0 Å². The van der Waals surface area contributed by atoms with E-state index in [-0.39, 0.29) is 12.0 Å². The van der Waals surface area contributed by atoms with Crippen molar-refractivity contribution in [2.24, 2.45) is 0 Å². The molecule has 1 aliphatic heterocycles. The van der Waals surface area contributed by atoms with E-state index in [9.17, 15) is 4.79 Å². The van der Waals surface area contributed by atoms with Crippen molar-refractivity contribution in [3.8, 4) is 0 Å². The zero-order chi connectivity index (χ0) is 16.4. The van der Waals surface area contributed by atoms with Crippen LogP contribution >= 0.6 is 11.3 Å². The molecular formula is C17H18N4O2S. The van der Waals surface area contributed by atoms with Gasteiger partial charge in [-0.1, -0.05) is 12.1 Å². The Morgan fingerprint density at radius 2 is 2.33 bits per heavy atom. The zero-order valence-electron chi connectivity index (χ0n) is 13.1. The van der Waals surface area contributed by atoms with Crippen molar-refractivity contribution in [1.29, 1.82) is 0 Å². The van der Waals surface area contributed by atoms with Gasteiger partial charge in [0.25, 0.3) is 0 Å². The van der Waals surface area contributed by atoms with Gasteiger partial charge in [0.2, 0.25) is 5.91 Å². The summed E-state index contributed by atoms with van der Waals surface area (Å²) in [5, 5.41) is 2.87. The molecule has 124 valence electrons. The second-order valence-electron chi connectivity index (χ2n) is 5.77. The van der Waals surface area contributed by atoms with E-state index < -0.39 is 0 Å². The van der Waals surface area contributed by atoms with E-state index in [1.807, 2.05) is 34.5 Å². The number of hydrogen-bond donors (Lipinski definition) is 1. The number of carbonyl (C=O) groups is 1. The number of carbonyl (C=O) groups excluding carboxylic acids is 1. The molecule has 3 heterocycles. The maximum atomic E-state index is 12.5. The van der Waals surface area contributed by atoms with Gasteiger partial charge in [0.15, 0.2) is 0 Å². The molecule has 1 unspecified atom stereocenters. The number of rotatable bonds is 4. The summed E-state index contributed by atoms with van der Waals surface area (Å²) in [5.41, 5.74) is 1.95. The minimum Gasteiger partial charge on any atom is -0.367 e. The van der Waals surface area contributed by atoms with Crippen molar-refractivity contribution < 1.29 is 9.53 Å². The molecule has 24 heavy (non-hydrogen) atoms. The highest BCUT2D eigenvalue weighted by atomic mass is 32.1. The number of aryl methyl sites for hydroxylation is 1. The molecule has 0 spiro atoms. The number of morpholine rings is 1. The van der Waals surface area contributed by atoms with Crippen LogP contribution in [0.15, 0.2) is 35.8 Å². The average Bonchev–Trinajstić information content (AvgIpc) is 3.29. The standard InChI is InChI=1S/C17H18N4O2S/c22-16(6-5-15-19-12-3-1-2-4-13(12)20-15)21-8-9-23-14(11-21)17-18-7-10-24-17/h1-4,7,10,14H,5-6,8-9,11H2,(H,19,20). The van der Waals surface area contributed by atoms with Gasteiger partial charge in [-0.2, -0.15) is 0 Å². The van der Waals surface area contributed by atoms with Gasteiger partial charge in [0.1, 0.15) is 16.9 Å². The average molecular weight is 342 g/mol. The normalized spacial score (nSPS) is 18.2. The van der Waals surface area contributed by atoms with Crippen LogP contribution in [-0.4, -0.2) is 45.5 Å². The van der Waals surface area contributed by atoms with Gasteiger partial charge >= 0.3 is 0 Å². The number of benzene rings is 1. The Morgan fingerprint density at radius 3 is 3.17 bits per heavy atom. The van der Waals surface area contributed by atoms with E-state index in [0.717, 1.165) is 21.9 Å². The monoisotopic (exact) mass is 342 g/mol. The van der Waals surface area contributed by atoms with Crippen molar-refractivity contribution in [2.75, 3.05) is 19.7 Å². The number of para-hydroxylation sites is 2. The molecule has 0 saturated carbocycles. The lowest BCUT2D eigenvalue weighted by Gasteiger charge is -2.32. The summed E-state index contributed by atoms with van der Waals surface area (Å²) in [6.07, 6.45) is 2.73. The SMILES string of the molecule is O=C(CCc1nc2ccccc2[nH]1)N1CCOC(c2nccs2)C1. The summed E-state index contributed by atoms with van der Waals surface area (Å²) < 4.78 is 5.74. The molecule has 0 aliphatic carbocycles. The third-order valence-corrected chi connectivity index (χ3v) is 5.03. The summed E-state index contributed by atoms with van der Waals surface area (Å²) >= 11 is 1.57. The second kappa shape index (κ2) is 6.70. The van der Waals surface area contributed by atoms with Gasteiger partial charge in [0.05, 0.1) is 24.2 Å². The van der Waals surface area contributed by atoms with Gasteiger partial charge in [-0.25, -0.2) is 9.97 Å². The minimum absolute atomic E-state index is 0.103. The van der Waals surface area contributed by atoms with Crippen molar-refractivity contribution in [3.63, 3.8) is 0 Å². The van der Waals surface area contributed by atoms with E-state index in [1.165, 1.54) is 0 Å². The van der Waals surface area contributed by atoms with Crippen molar-refractivity contribution in [2.45, 2.75) is 18.9 Å². The first kappa shape index (κ1) is 15.3. The number of nitrogens with zero attached hydrogens (tertiary/aromatic N) is 3. The Labute approximate surface area is 143 Å². The van der Waals surface area contributed by atoms with Crippen LogP contribution in [0.25, 0.3) is 11.0 Å². The fourth-order valence-corrected chi connectivity index (χ4v) is 3.60. The van der Waals surface area contributed by atoms with Gasteiger partial charge in [-0.15, -0.1) is 11.3 Å². The molecule has 1 aromatic carbocycles. The molecule has 1 aliphatic rings. The minimum atomic E-state index is -0.103. The maximum Gasteiger partial charge on any atom is 0.223 e. The van der Waals surface area contributed by atoms with Crippen LogP contribution in [0.1, 0.15) is 23.4 Å². The molecule has 2 aromatic heterocycles. The molecule has 0 bridgehead atoms. The third-order valence-electron chi connectivity index (χ3n) is 4.16. The Hall–Kier alpha value is -2.25. The molecule has 1 N–H and O–H groups in total. The molecule has 1 saturated heterocycles. The van der Waals surface area contributed by atoms with E-state index in [0.29, 0.717) is 32.5 Å². The highest BCUT2D eigenvalue weighted by molar-refractivity contribution is 7.09. The number of aromatic amines is 1. The number of ether oxygens (including phenoxy) is 1. The van der Waals surface area contributed by atoms with Crippen LogP contribution in [0.2, 0.25) is 0 Å². The Balaban J connectivity index is 1.37. The number of imidazole rings is 1. The first-order valence-corrected chi connectivity index (χ1v) is 8.90. The maximum absolute atomic E-state index is 12.5. The molecule has 1 atom stereocenters. The smallest absolute Gasteiger partial charge is 0.223 e. The summed E-state index contributed by atoms with van der Waals surface area (Å²) in [6, 6.07) is 7.90. The largest absolute Gasteiger partial charge is 0.367 e. The molecule has 3 aromatic rings. The van der Waals surface area contributed by atoms with Gasteiger partial charge in [-0.05, 0) is 12.1 Å². The van der Waals surface area contributed by atoms with Gasteiger partial charge in [0, 0.05) is 31.0 Å². The van der Waals surface area contributed by atoms with Crippen molar-refractivity contribution in [1.82, 2.24) is 19.9 Å². The topological polar surface area (TPSA) is 71.1 Å². The number of H-pyrrole nitrogens is 1. The number of nitrogens with one attached hydrogen (secondary N) is 1. The predicted molar refractivity (Wildman–Crippen MR) is 91.8 cm³/mol. The first-order chi connectivity index (χ1) is 11.8. The van der Waals surface area contributed by atoms with Crippen LogP contribution in [0, 0.1) is 0 Å². The highest BCUT2D eigenvalue weighted by Crippen LogP contribution is 2.24. The second-order valence-corrected chi connectivity index (χ2v) is 6.70. The summed E-state index contributed by atoms with van der Waals surface area (Å²) in [7, 11) is 0. The number of amides is 1. The molecular weight excluding hydrogens is 324 g/mol. The van der Waals surface area contributed by atoms with E-state index >= 15 is 0 Å². The Morgan fingerprint density at radius 1 is 1.42 bits per heavy atom. The van der Waals surface area contributed by atoms with Crippen LogP contribution in [0.4, 0.5) is 0 Å². The molecule has 7 heteroatoms. The van der Waals surface area contributed by atoms with E-state index in [1.54, 1.807) is 17.5 Å². The fraction of sp³-hybridized carbons (Fsp3) is 0.353. The third kappa shape index (κ3) is 3.18. The van der Waals surface area contributed by atoms with E-state index in [2.05, 4.69) is 15.0 Å². The number of aromatic nitrogens is 3. The van der Waals surface area contributed by atoms with Crippen molar-refractivity contribution in [3.05, 3.63) is 46.7 Å². The fourth-order valence-electron chi connectivity index (χ4n) is 2.93. The lowest BCUT2D eigenvalue weighted by Crippen LogP contribution is -2.42. The summed E-state index contributed by atoms with van der Waals surface area (Å²) in [6.45, 7) is 1.77. The summed E-state index contributed by atoms with van der Waals surface area (Å²) in [4.78, 5) is 26.5. The predicted octanol–water partition coefficient (Wildman–Crippen LogP) is 2.55. The van der Waals surface area contributed by atoms with Crippen LogP contribution < -0.4 is 0 Å². The Kier molecular flexibility index (Phi) is 4.27. The molecule has 6 nitrogen and oxygen atoms in total. The molecule has 0 radical (unpaired) electrons. The van der Waals surface area contributed by atoms with Gasteiger partial charge in [-0.3, -0.25) is 4.79 Å². The lowest BCUT2D eigenvalue weighted by atomic mass is 10.2. The zero-order valence-corrected chi connectivity index (χ0v) is 14.0. The molecule has 1 fully saturated rings. The van der Waals surface area contributed by atoms with Crippen LogP contribution in [-0.2, 0) is 16.0 Å². The summed E-state index contributed by atoms with van der Waals surface area (Å²) in [5.74, 6) is 0.995. The quantitative estimate of drug-likeness (QED) is 0.791. The Bertz CT molecular complexity index is 797. The first-order valence-electron chi connectivity index (χ1n) is 8.02. The highest BCUT2D eigenvalue weighted by Gasteiger charge is 2.26. The van der Waals surface area contributed by atoms with E-state index in [4.69, 9.17) is 4.74 Å². The molecule has 4 rings (SSSR count). The van der Waals surface area contributed by atoms with Gasteiger partial charge < -0.3 is 14.6 Å². The number of thiazole rings is 1. The number of fused-ring (bicyclic) bond motifs is 1. The number of hydrogen-bond acceptors (Lipinski definition) is 5. The molecule has 1 amide bonds. The van der Waals surface area contributed by atoms with Crippen LogP contribution in [0.5, 0.6) is 0 Å². The van der Waals surface area contributed by atoms with Crippen molar-refractivity contribution >= 4 is 28.3 Å².